The van der Waals surface area contributed by atoms with Crippen LogP contribution in [0.2, 0.25) is 0 Å². The van der Waals surface area contributed by atoms with Crippen LogP contribution in [0.5, 0.6) is 23.0 Å². The summed E-state index contributed by atoms with van der Waals surface area (Å²) < 4.78 is 4.71. The van der Waals surface area contributed by atoms with Gasteiger partial charge in [-0.15, -0.1) is 0 Å². The molecule has 0 aliphatic carbocycles. The van der Waals surface area contributed by atoms with E-state index in [1.54, 1.807) is 35.2 Å². The molecule has 0 aromatic heterocycles. The molecule has 3 aromatic rings. The summed E-state index contributed by atoms with van der Waals surface area (Å²) in [6, 6.07) is 15.5. The number of phenols is 4. The molecule has 0 radical (unpaired) electrons. The van der Waals surface area contributed by atoms with Gasteiger partial charge >= 0.3 is 5.97 Å². The average Bonchev–Trinajstić information content (AvgIpc) is 2.71. The van der Waals surface area contributed by atoms with Crippen LogP contribution in [-0.4, -0.2) is 33.5 Å². The standard InChI is InChI=1S/C22H21NO6/c1-29-22(28)18-11-16(6-8-21(18)27)23(12-14-4-2-3-5-19(14)25)13-15-10-17(24)7-9-20(15)26/h2-11,24-27H,12-13H2,1H3. The van der Waals surface area contributed by atoms with Crippen LogP contribution in [0.25, 0.3) is 0 Å². The first kappa shape index (κ1) is 19.9. The lowest BCUT2D eigenvalue weighted by atomic mass is 10.1. The number of carbonyl (C=O) groups is 1. The molecule has 0 bridgehead atoms. The van der Waals surface area contributed by atoms with Crippen molar-refractivity contribution in [1.82, 2.24) is 0 Å². The fraction of sp³-hybridized carbons (Fsp3) is 0.136. The fourth-order valence-corrected chi connectivity index (χ4v) is 2.99. The second kappa shape index (κ2) is 8.43. The van der Waals surface area contributed by atoms with Gasteiger partial charge in [0.05, 0.1) is 7.11 Å². The Kier molecular flexibility index (Phi) is 5.78. The number of esters is 1. The molecule has 7 heteroatoms. The predicted octanol–water partition coefficient (Wildman–Crippen LogP) is 3.50. The molecular formula is C22H21NO6. The van der Waals surface area contributed by atoms with Crippen LogP contribution in [-0.2, 0) is 17.8 Å². The largest absolute Gasteiger partial charge is 0.508 e. The summed E-state index contributed by atoms with van der Waals surface area (Å²) in [7, 11) is 1.22. The number of ether oxygens (including phenoxy) is 1. The van der Waals surface area contributed by atoms with E-state index in [1.165, 1.54) is 37.4 Å². The van der Waals surface area contributed by atoms with Crippen molar-refractivity contribution in [1.29, 1.82) is 0 Å². The van der Waals surface area contributed by atoms with E-state index in [-0.39, 0.29) is 41.7 Å². The molecule has 0 spiro atoms. The van der Waals surface area contributed by atoms with Crippen molar-refractivity contribution in [2.75, 3.05) is 12.0 Å². The van der Waals surface area contributed by atoms with Gasteiger partial charge in [0.15, 0.2) is 0 Å². The van der Waals surface area contributed by atoms with E-state index in [2.05, 4.69) is 0 Å². The minimum absolute atomic E-state index is 0.00117. The lowest BCUT2D eigenvalue weighted by Crippen LogP contribution is -2.22. The number of phenolic OH excluding ortho intramolecular Hbond substituents is 4. The molecule has 4 N–H and O–H groups in total. The molecule has 0 heterocycles. The van der Waals surface area contributed by atoms with Gasteiger partial charge in [-0.25, -0.2) is 4.79 Å². The number of para-hydroxylation sites is 1. The third kappa shape index (κ3) is 4.52. The Labute approximate surface area is 167 Å². The fourth-order valence-electron chi connectivity index (χ4n) is 2.99. The monoisotopic (exact) mass is 395 g/mol. The topological polar surface area (TPSA) is 110 Å². The molecular weight excluding hydrogens is 374 g/mol. The van der Waals surface area contributed by atoms with Gasteiger partial charge in [-0.3, -0.25) is 0 Å². The van der Waals surface area contributed by atoms with Crippen LogP contribution in [0.4, 0.5) is 5.69 Å². The van der Waals surface area contributed by atoms with E-state index in [0.29, 0.717) is 16.8 Å². The van der Waals surface area contributed by atoms with Gasteiger partial charge in [-0.05, 0) is 42.5 Å². The Balaban J connectivity index is 2.04. The number of hydrogen-bond donors (Lipinski definition) is 4. The zero-order valence-corrected chi connectivity index (χ0v) is 15.7. The third-order valence-electron chi connectivity index (χ3n) is 4.53. The van der Waals surface area contributed by atoms with Gasteiger partial charge in [0.25, 0.3) is 0 Å². The highest BCUT2D eigenvalue weighted by Crippen LogP contribution is 2.31. The summed E-state index contributed by atoms with van der Waals surface area (Å²) in [6.45, 7) is 0.410. The number of carbonyl (C=O) groups excluding carboxylic acids is 1. The van der Waals surface area contributed by atoms with Crippen LogP contribution < -0.4 is 4.90 Å². The first-order valence-electron chi connectivity index (χ1n) is 8.83. The average molecular weight is 395 g/mol. The molecule has 0 amide bonds. The summed E-state index contributed by atoms with van der Waals surface area (Å²) in [5.41, 5.74) is 1.62. The molecule has 0 aliphatic heterocycles. The first-order valence-corrected chi connectivity index (χ1v) is 8.83. The van der Waals surface area contributed by atoms with Gasteiger partial charge in [-0.1, -0.05) is 18.2 Å². The van der Waals surface area contributed by atoms with Gasteiger partial charge < -0.3 is 30.1 Å². The number of aromatic hydroxyl groups is 4. The van der Waals surface area contributed by atoms with Crippen LogP contribution >= 0.6 is 0 Å². The number of methoxy groups -OCH3 is 1. The molecule has 150 valence electrons. The van der Waals surface area contributed by atoms with Crippen molar-refractivity contribution in [3.63, 3.8) is 0 Å². The molecule has 0 unspecified atom stereocenters. The molecule has 3 rings (SSSR count). The number of benzene rings is 3. The van der Waals surface area contributed by atoms with Crippen molar-refractivity contribution < 1.29 is 30.0 Å². The normalized spacial score (nSPS) is 10.5. The van der Waals surface area contributed by atoms with Crippen molar-refractivity contribution in [3.05, 3.63) is 77.4 Å². The number of nitrogens with zero attached hydrogens (tertiary/aromatic N) is 1. The Morgan fingerprint density at radius 2 is 1.48 bits per heavy atom. The summed E-state index contributed by atoms with van der Waals surface area (Å²) >= 11 is 0. The minimum atomic E-state index is -0.688. The molecule has 0 fully saturated rings. The Hall–Kier alpha value is -3.87. The third-order valence-corrected chi connectivity index (χ3v) is 4.53. The summed E-state index contributed by atoms with van der Waals surface area (Å²) in [6.07, 6.45) is 0. The summed E-state index contributed by atoms with van der Waals surface area (Å²) in [4.78, 5) is 13.8. The van der Waals surface area contributed by atoms with Gasteiger partial charge in [0.2, 0.25) is 0 Å². The van der Waals surface area contributed by atoms with Crippen LogP contribution in [0, 0.1) is 0 Å². The lowest BCUT2D eigenvalue weighted by Gasteiger charge is -2.26. The molecule has 3 aromatic carbocycles. The van der Waals surface area contributed by atoms with Gasteiger partial charge in [0.1, 0.15) is 28.6 Å². The first-order chi connectivity index (χ1) is 13.9. The second-order valence-corrected chi connectivity index (χ2v) is 6.49. The smallest absolute Gasteiger partial charge is 0.341 e. The van der Waals surface area contributed by atoms with Crippen molar-refractivity contribution >= 4 is 11.7 Å². The molecule has 0 atom stereocenters. The van der Waals surface area contributed by atoms with E-state index in [4.69, 9.17) is 4.74 Å². The predicted molar refractivity (Wildman–Crippen MR) is 107 cm³/mol. The van der Waals surface area contributed by atoms with E-state index in [1.807, 2.05) is 0 Å². The van der Waals surface area contributed by atoms with Gasteiger partial charge in [-0.2, -0.15) is 0 Å². The maximum atomic E-state index is 12.0. The number of rotatable bonds is 6. The van der Waals surface area contributed by atoms with Crippen LogP contribution in [0.1, 0.15) is 21.5 Å². The maximum Gasteiger partial charge on any atom is 0.341 e. The highest BCUT2D eigenvalue weighted by atomic mass is 16.5. The van der Waals surface area contributed by atoms with E-state index in [0.717, 1.165) is 0 Å². The Morgan fingerprint density at radius 1 is 0.828 bits per heavy atom. The zero-order chi connectivity index (χ0) is 21.0. The second-order valence-electron chi connectivity index (χ2n) is 6.49. The van der Waals surface area contributed by atoms with Crippen LogP contribution in [0.3, 0.4) is 0 Å². The van der Waals surface area contributed by atoms with Crippen molar-refractivity contribution in [2.24, 2.45) is 0 Å². The Morgan fingerprint density at radius 3 is 2.21 bits per heavy atom. The van der Waals surface area contributed by atoms with Crippen LogP contribution in [0.15, 0.2) is 60.7 Å². The molecule has 29 heavy (non-hydrogen) atoms. The highest BCUT2D eigenvalue weighted by Gasteiger charge is 2.18. The Bertz CT molecular complexity index is 1030. The lowest BCUT2D eigenvalue weighted by molar-refractivity contribution is 0.0597. The van der Waals surface area contributed by atoms with E-state index < -0.39 is 5.97 Å². The van der Waals surface area contributed by atoms with E-state index >= 15 is 0 Å². The SMILES string of the molecule is COC(=O)c1cc(N(Cc2ccccc2O)Cc2cc(O)ccc2O)ccc1O. The highest BCUT2D eigenvalue weighted by molar-refractivity contribution is 5.93. The number of anilines is 1. The number of hydrogen-bond acceptors (Lipinski definition) is 7. The summed E-state index contributed by atoms with van der Waals surface area (Å²) in [5, 5.41) is 40.1. The zero-order valence-electron chi connectivity index (χ0n) is 15.7. The van der Waals surface area contributed by atoms with E-state index in [9.17, 15) is 25.2 Å². The molecule has 0 aliphatic rings. The molecule has 0 saturated heterocycles. The minimum Gasteiger partial charge on any atom is -0.508 e. The quantitative estimate of drug-likeness (QED) is 0.373. The van der Waals surface area contributed by atoms with Crippen molar-refractivity contribution in [2.45, 2.75) is 13.1 Å². The molecule has 7 nitrogen and oxygen atoms in total. The van der Waals surface area contributed by atoms with Gasteiger partial charge in [0, 0.05) is 29.9 Å². The van der Waals surface area contributed by atoms with Crippen molar-refractivity contribution in [3.8, 4) is 23.0 Å². The molecule has 0 saturated carbocycles. The maximum absolute atomic E-state index is 12.0. The summed E-state index contributed by atoms with van der Waals surface area (Å²) in [5.74, 6) is -0.807.